The van der Waals surface area contributed by atoms with Crippen molar-refractivity contribution < 1.29 is 9.53 Å². The molecule has 0 aliphatic heterocycles. The number of ether oxygens (including phenoxy) is 1. The van der Waals surface area contributed by atoms with Crippen LogP contribution in [-0.2, 0) is 11.3 Å². The molecule has 0 saturated carbocycles. The normalized spacial score (nSPS) is 11.6. The molecule has 29 heavy (non-hydrogen) atoms. The van der Waals surface area contributed by atoms with Crippen LogP contribution in [-0.4, -0.2) is 31.1 Å². The number of halogens is 1. The Labute approximate surface area is 176 Å². The molecule has 150 valence electrons. The fraction of sp³-hybridized carbons (Fsp3) is 0.217. The molecule has 0 aliphatic carbocycles. The molecule has 0 spiro atoms. The molecule has 1 amide bonds. The molecular weight excluding hydrogens is 386 g/mol. The van der Waals surface area contributed by atoms with Crippen LogP contribution in [0, 0.1) is 0 Å². The van der Waals surface area contributed by atoms with Crippen molar-refractivity contribution >= 4 is 29.0 Å². The van der Waals surface area contributed by atoms with Crippen LogP contribution in [0.3, 0.4) is 0 Å². The van der Waals surface area contributed by atoms with Gasteiger partial charge < -0.3 is 9.64 Å². The molecule has 0 saturated heterocycles. The summed E-state index contributed by atoms with van der Waals surface area (Å²) in [5.41, 5.74) is 2.10. The Kier molecular flexibility index (Phi) is 6.73. The lowest BCUT2D eigenvalue weighted by Crippen LogP contribution is -2.40. The number of aromatic nitrogens is 1. The third-order valence-corrected chi connectivity index (χ3v) is 4.79. The lowest BCUT2D eigenvalue weighted by Gasteiger charge is -2.26. The number of rotatable bonds is 7. The summed E-state index contributed by atoms with van der Waals surface area (Å²) in [6.07, 6.45) is 0.947. The molecule has 6 heteroatoms. The average molecular weight is 410 g/mol. The van der Waals surface area contributed by atoms with Gasteiger partial charge in [-0.2, -0.15) is 0 Å². The van der Waals surface area contributed by atoms with Crippen molar-refractivity contribution in [2.45, 2.75) is 19.6 Å². The topological polar surface area (TPSA) is 45.7 Å². The first-order valence-electron chi connectivity index (χ1n) is 9.35. The van der Waals surface area contributed by atoms with Gasteiger partial charge in [-0.1, -0.05) is 41.9 Å². The van der Waals surface area contributed by atoms with Gasteiger partial charge in [0, 0.05) is 26.0 Å². The maximum Gasteiger partial charge on any atom is 0.269 e. The van der Waals surface area contributed by atoms with Gasteiger partial charge in [0.1, 0.15) is 11.6 Å². The highest BCUT2D eigenvalue weighted by molar-refractivity contribution is 6.32. The van der Waals surface area contributed by atoms with E-state index in [1.807, 2.05) is 73.6 Å². The second-order valence-electron chi connectivity index (χ2n) is 6.86. The molecule has 5 nitrogen and oxygen atoms in total. The largest absolute Gasteiger partial charge is 0.479 e. The van der Waals surface area contributed by atoms with Gasteiger partial charge in [0.05, 0.1) is 11.6 Å². The van der Waals surface area contributed by atoms with E-state index in [0.717, 1.165) is 11.3 Å². The summed E-state index contributed by atoms with van der Waals surface area (Å²) < 4.78 is 5.84. The van der Waals surface area contributed by atoms with Crippen LogP contribution in [0.4, 0.5) is 11.5 Å². The minimum absolute atomic E-state index is 0.194. The zero-order valence-corrected chi connectivity index (χ0v) is 17.5. The Hall–Kier alpha value is -3.05. The zero-order chi connectivity index (χ0) is 20.8. The van der Waals surface area contributed by atoms with E-state index in [2.05, 4.69) is 4.98 Å². The number of benzene rings is 2. The third-order valence-electron chi connectivity index (χ3n) is 4.47. The number of hydrogen-bond donors (Lipinski definition) is 0. The highest BCUT2D eigenvalue weighted by Crippen LogP contribution is 2.25. The van der Waals surface area contributed by atoms with Crippen molar-refractivity contribution in [3.8, 4) is 5.75 Å². The Bertz CT molecular complexity index is 946. The predicted molar refractivity (Wildman–Crippen MR) is 118 cm³/mol. The minimum Gasteiger partial charge on any atom is -0.479 e. The molecule has 3 aromatic rings. The first kappa shape index (κ1) is 20.7. The standard InChI is InChI=1S/C23H24ClN3O2/c1-17(29-21-9-5-4-8-20(21)24)23(28)27(22-10-6-7-15-25-22)16-18-11-13-19(14-12-18)26(2)3/h4-15,17H,16H2,1-3H3/t17-/m0/s1. The summed E-state index contributed by atoms with van der Waals surface area (Å²) in [5, 5.41) is 0.468. The van der Waals surface area contributed by atoms with Crippen molar-refractivity contribution in [2.75, 3.05) is 23.9 Å². The van der Waals surface area contributed by atoms with Crippen LogP contribution in [0.5, 0.6) is 5.75 Å². The Balaban J connectivity index is 1.83. The molecule has 0 aliphatic rings. The predicted octanol–water partition coefficient (Wildman–Crippen LogP) is 4.80. The van der Waals surface area contributed by atoms with E-state index in [9.17, 15) is 4.79 Å². The number of carbonyl (C=O) groups excluding carboxylic acids is 1. The first-order valence-corrected chi connectivity index (χ1v) is 9.73. The zero-order valence-electron chi connectivity index (χ0n) is 16.7. The number of para-hydroxylation sites is 1. The average Bonchev–Trinajstić information content (AvgIpc) is 2.74. The maximum absolute atomic E-state index is 13.2. The molecule has 1 atom stereocenters. The summed E-state index contributed by atoms with van der Waals surface area (Å²) >= 11 is 6.17. The Morgan fingerprint density at radius 1 is 1.03 bits per heavy atom. The first-order chi connectivity index (χ1) is 14.0. The molecule has 1 aromatic heterocycles. The highest BCUT2D eigenvalue weighted by Gasteiger charge is 2.25. The van der Waals surface area contributed by atoms with E-state index in [1.165, 1.54) is 0 Å². The summed E-state index contributed by atoms with van der Waals surface area (Å²) in [7, 11) is 3.99. The van der Waals surface area contributed by atoms with E-state index in [4.69, 9.17) is 16.3 Å². The highest BCUT2D eigenvalue weighted by atomic mass is 35.5. The van der Waals surface area contributed by atoms with E-state index >= 15 is 0 Å². The lowest BCUT2D eigenvalue weighted by atomic mass is 10.1. The number of pyridine rings is 1. The Morgan fingerprint density at radius 2 is 1.72 bits per heavy atom. The van der Waals surface area contributed by atoms with Crippen LogP contribution >= 0.6 is 11.6 Å². The number of amides is 1. The van der Waals surface area contributed by atoms with Crippen LogP contribution in [0.15, 0.2) is 72.9 Å². The molecule has 0 N–H and O–H groups in total. The SMILES string of the molecule is C[C@H](Oc1ccccc1Cl)C(=O)N(Cc1ccc(N(C)C)cc1)c1ccccn1. The van der Waals surface area contributed by atoms with Gasteiger partial charge in [0.25, 0.3) is 5.91 Å². The molecule has 0 radical (unpaired) electrons. The molecular formula is C23H24ClN3O2. The second kappa shape index (κ2) is 9.43. The van der Waals surface area contributed by atoms with Gasteiger partial charge in [-0.05, 0) is 48.9 Å². The van der Waals surface area contributed by atoms with E-state index in [0.29, 0.717) is 23.1 Å². The second-order valence-corrected chi connectivity index (χ2v) is 7.27. The van der Waals surface area contributed by atoms with E-state index in [-0.39, 0.29) is 5.91 Å². The van der Waals surface area contributed by atoms with Gasteiger partial charge in [-0.25, -0.2) is 4.98 Å². The van der Waals surface area contributed by atoms with Crippen LogP contribution < -0.4 is 14.5 Å². The number of hydrogen-bond acceptors (Lipinski definition) is 4. The monoisotopic (exact) mass is 409 g/mol. The van der Waals surface area contributed by atoms with Crippen molar-refractivity contribution in [2.24, 2.45) is 0 Å². The lowest BCUT2D eigenvalue weighted by molar-refractivity contribution is -0.124. The van der Waals surface area contributed by atoms with Crippen LogP contribution in [0.1, 0.15) is 12.5 Å². The third kappa shape index (κ3) is 5.27. The molecule has 3 rings (SSSR count). The smallest absolute Gasteiger partial charge is 0.269 e. The molecule has 0 unspecified atom stereocenters. The van der Waals surface area contributed by atoms with Gasteiger partial charge in [0.15, 0.2) is 6.10 Å². The number of nitrogens with zero attached hydrogens (tertiary/aromatic N) is 3. The number of anilines is 2. The Morgan fingerprint density at radius 3 is 2.34 bits per heavy atom. The molecule has 0 bridgehead atoms. The minimum atomic E-state index is -0.724. The number of carbonyl (C=O) groups is 1. The van der Waals surface area contributed by atoms with Gasteiger partial charge >= 0.3 is 0 Å². The fourth-order valence-electron chi connectivity index (χ4n) is 2.87. The van der Waals surface area contributed by atoms with Crippen LogP contribution in [0.25, 0.3) is 0 Å². The summed E-state index contributed by atoms with van der Waals surface area (Å²) in [6, 6.07) is 20.7. The van der Waals surface area contributed by atoms with Gasteiger partial charge in [0.2, 0.25) is 0 Å². The van der Waals surface area contributed by atoms with Crippen molar-refractivity contribution in [1.29, 1.82) is 0 Å². The molecule has 0 fully saturated rings. The van der Waals surface area contributed by atoms with E-state index in [1.54, 1.807) is 30.2 Å². The fourth-order valence-corrected chi connectivity index (χ4v) is 3.05. The van der Waals surface area contributed by atoms with Crippen molar-refractivity contribution in [3.63, 3.8) is 0 Å². The maximum atomic E-state index is 13.2. The summed E-state index contributed by atoms with van der Waals surface area (Å²) in [6.45, 7) is 2.11. The molecule has 2 aromatic carbocycles. The van der Waals surface area contributed by atoms with Gasteiger partial charge in [-0.3, -0.25) is 9.69 Å². The summed E-state index contributed by atoms with van der Waals surface area (Å²) in [4.78, 5) is 21.3. The quantitative estimate of drug-likeness (QED) is 0.562. The van der Waals surface area contributed by atoms with Crippen LogP contribution in [0.2, 0.25) is 5.02 Å². The van der Waals surface area contributed by atoms with E-state index < -0.39 is 6.10 Å². The molecule has 1 heterocycles. The van der Waals surface area contributed by atoms with Crippen molar-refractivity contribution in [3.05, 3.63) is 83.5 Å². The van der Waals surface area contributed by atoms with Crippen molar-refractivity contribution in [1.82, 2.24) is 4.98 Å². The van der Waals surface area contributed by atoms with Gasteiger partial charge in [-0.15, -0.1) is 0 Å². The summed E-state index contributed by atoms with van der Waals surface area (Å²) in [5.74, 6) is 0.857.